The average molecular weight is 442 g/mol. The number of benzene rings is 1. The van der Waals surface area contributed by atoms with E-state index in [4.69, 9.17) is 0 Å². The summed E-state index contributed by atoms with van der Waals surface area (Å²) in [6.07, 6.45) is 3.13. The van der Waals surface area contributed by atoms with Gasteiger partial charge < -0.3 is 15.1 Å². The summed E-state index contributed by atoms with van der Waals surface area (Å²) in [7, 11) is 0. The molecule has 1 aromatic carbocycles. The Morgan fingerprint density at radius 2 is 1.76 bits per heavy atom. The van der Waals surface area contributed by atoms with Crippen molar-refractivity contribution in [3.63, 3.8) is 0 Å². The molecule has 0 spiro atoms. The number of aromatic nitrogens is 4. The molecule has 33 heavy (non-hydrogen) atoms. The average Bonchev–Trinajstić information content (AvgIpc) is 2.84. The van der Waals surface area contributed by atoms with Gasteiger partial charge in [0.2, 0.25) is 11.6 Å². The molecule has 3 aromatic heterocycles. The lowest BCUT2D eigenvalue weighted by Gasteiger charge is -2.35. The van der Waals surface area contributed by atoms with Crippen LogP contribution in [0.4, 0.5) is 28.8 Å². The third kappa shape index (κ3) is 4.10. The monoisotopic (exact) mass is 442 g/mol. The number of piperazine rings is 1. The van der Waals surface area contributed by atoms with E-state index in [1.54, 1.807) is 6.20 Å². The standard InChI is InChI=1S/C23H22N8O2/c1-16-8-9-17-18(27-16)5-4-6-19(17)28-22-21(31(32)33)23(26-15-25-22)30-13-11-29(12-14-30)20-7-2-3-10-24-20/h2-10,15H,11-14H2,1H3,(H,25,26,28). The van der Waals surface area contributed by atoms with Crippen LogP contribution in [0, 0.1) is 17.0 Å². The Bertz CT molecular complexity index is 1310. The van der Waals surface area contributed by atoms with Gasteiger partial charge in [0.25, 0.3) is 0 Å². The fraction of sp³-hybridized carbons (Fsp3) is 0.217. The molecule has 1 saturated heterocycles. The van der Waals surface area contributed by atoms with Gasteiger partial charge in [0, 0.05) is 49.1 Å². The molecule has 0 amide bonds. The van der Waals surface area contributed by atoms with Gasteiger partial charge in [-0.1, -0.05) is 12.1 Å². The van der Waals surface area contributed by atoms with Crippen LogP contribution in [0.5, 0.6) is 0 Å². The molecule has 1 fully saturated rings. The zero-order valence-electron chi connectivity index (χ0n) is 18.0. The summed E-state index contributed by atoms with van der Waals surface area (Å²) in [5.41, 5.74) is 2.27. The Kier molecular flexibility index (Phi) is 5.39. The van der Waals surface area contributed by atoms with Gasteiger partial charge in [0.05, 0.1) is 10.4 Å². The normalized spacial score (nSPS) is 13.8. The van der Waals surface area contributed by atoms with Crippen LogP contribution in [-0.2, 0) is 0 Å². The third-order valence-corrected chi connectivity index (χ3v) is 5.66. The Morgan fingerprint density at radius 1 is 0.939 bits per heavy atom. The van der Waals surface area contributed by atoms with Gasteiger partial charge in [0.15, 0.2) is 0 Å². The predicted molar refractivity (Wildman–Crippen MR) is 127 cm³/mol. The summed E-state index contributed by atoms with van der Waals surface area (Å²) in [4.78, 5) is 33.2. The van der Waals surface area contributed by atoms with Crippen molar-refractivity contribution < 1.29 is 4.92 Å². The quantitative estimate of drug-likeness (QED) is 0.365. The highest BCUT2D eigenvalue weighted by Gasteiger charge is 2.29. The number of hydrogen-bond acceptors (Lipinski definition) is 9. The molecule has 1 aliphatic heterocycles. The number of nitro groups is 1. The number of fused-ring (bicyclic) bond motifs is 1. The molecule has 0 radical (unpaired) electrons. The molecule has 0 saturated carbocycles. The smallest absolute Gasteiger partial charge is 0.353 e. The van der Waals surface area contributed by atoms with Gasteiger partial charge >= 0.3 is 5.69 Å². The first-order chi connectivity index (χ1) is 16.1. The van der Waals surface area contributed by atoms with Crippen molar-refractivity contribution >= 4 is 39.7 Å². The Hall–Kier alpha value is -4.34. The highest BCUT2D eigenvalue weighted by Crippen LogP contribution is 2.35. The zero-order chi connectivity index (χ0) is 22.8. The molecule has 166 valence electrons. The number of nitrogens with zero attached hydrogens (tertiary/aromatic N) is 7. The first kappa shape index (κ1) is 20.6. The maximum atomic E-state index is 12.1. The number of aryl methyl sites for hydroxylation is 1. The molecule has 0 aliphatic carbocycles. The van der Waals surface area contributed by atoms with Crippen LogP contribution in [-0.4, -0.2) is 51.0 Å². The first-order valence-corrected chi connectivity index (χ1v) is 10.6. The zero-order valence-corrected chi connectivity index (χ0v) is 18.0. The fourth-order valence-electron chi connectivity index (χ4n) is 4.04. The van der Waals surface area contributed by atoms with E-state index >= 15 is 0 Å². The molecule has 0 bridgehead atoms. The summed E-state index contributed by atoms with van der Waals surface area (Å²) in [6.45, 7) is 4.48. The lowest BCUT2D eigenvalue weighted by Crippen LogP contribution is -2.47. The van der Waals surface area contributed by atoms with Crippen molar-refractivity contribution in [1.29, 1.82) is 0 Å². The van der Waals surface area contributed by atoms with E-state index in [2.05, 4.69) is 30.2 Å². The van der Waals surface area contributed by atoms with Crippen LogP contribution in [0.25, 0.3) is 10.9 Å². The topological polar surface area (TPSA) is 113 Å². The van der Waals surface area contributed by atoms with Gasteiger partial charge in [-0.15, -0.1) is 0 Å². The SMILES string of the molecule is Cc1ccc2c(Nc3ncnc(N4CCN(c5ccccn5)CC4)c3[N+](=O)[O-])cccc2n1. The van der Waals surface area contributed by atoms with Crippen LogP contribution in [0.3, 0.4) is 0 Å². The lowest BCUT2D eigenvalue weighted by atomic mass is 10.1. The largest absolute Gasteiger partial charge is 0.353 e. The van der Waals surface area contributed by atoms with Crippen molar-refractivity contribution in [2.24, 2.45) is 0 Å². The molecular weight excluding hydrogens is 420 g/mol. The maximum absolute atomic E-state index is 12.1. The van der Waals surface area contributed by atoms with Crippen LogP contribution in [0.2, 0.25) is 0 Å². The van der Waals surface area contributed by atoms with Crippen LogP contribution >= 0.6 is 0 Å². The van der Waals surface area contributed by atoms with Gasteiger partial charge in [-0.3, -0.25) is 15.1 Å². The van der Waals surface area contributed by atoms with Crippen molar-refractivity contribution in [2.75, 3.05) is 41.3 Å². The van der Waals surface area contributed by atoms with Gasteiger partial charge in [-0.05, 0) is 43.3 Å². The second-order valence-corrected chi connectivity index (χ2v) is 7.76. The number of anilines is 4. The molecular formula is C23H22N8O2. The molecule has 0 atom stereocenters. The van der Waals surface area contributed by atoms with E-state index in [-0.39, 0.29) is 11.5 Å². The number of pyridine rings is 2. The van der Waals surface area contributed by atoms with Crippen LogP contribution in [0.1, 0.15) is 5.69 Å². The van der Waals surface area contributed by atoms with E-state index in [1.807, 2.05) is 60.4 Å². The molecule has 1 N–H and O–H groups in total. The number of rotatable bonds is 5. The molecule has 5 rings (SSSR count). The van der Waals surface area contributed by atoms with E-state index in [1.165, 1.54) is 6.33 Å². The summed E-state index contributed by atoms with van der Waals surface area (Å²) >= 11 is 0. The fourth-order valence-corrected chi connectivity index (χ4v) is 4.04. The van der Waals surface area contributed by atoms with E-state index < -0.39 is 4.92 Å². The molecule has 10 heteroatoms. The van der Waals surface area contributed by atoms with Crippen molar-refractivity contribution in [3.8, 4) is 0 Å². The minimum atomic E-state index is -0.420. The van der Waals surface area contributed by atoms with E-state index in [0.29, 0.717) is 37.7 Å². The maximum Gasteiger partial charge on any atom is 0.353 e. The van der Waals surface area contributed by atoms with Crippen LogP contribution < -0.4 is 15.1 Å². The Balaban J connectivity index is 1.44. The molecule has 0 unspecified atom stereocenters. The second kappa shape index (κ2) is 8.65. The minimum absolute atomic E-state index is 0.138. The molecule has 1 aliphatic rings. The third-order valence-electron chi connectivity index (χ3n) is 5.66. The molecule has 4 heterocycles. The molecule has 10 nitrogen and oxygen atoms in total. The van der Waals surface area contributed by atoms with Gasteiger partial charge in [0.1, 0.15) is 12.1 Å². The summed E-state index contributed by atoms with van der Waals surface area (Å²) in [5.74, 6) is 1.37. The number of hydrogen-bond donors (Lipinski definition) is 1. The first-order valence-electron chi connectivity index (χ1n) is 10.6. The van der Waals surface area contributed by atoms with E-state index in [9.17, 15) is 10.1 Å². The number of nitrogens with one attached hydrogen (secondary N) is 1. The summed E-state index contributed by atoms with van der Waals surface area (Å²) < 4.78 is 0. The molecule has 4 aromatic rings. The van der Waals surface area contributed by atoms with Crippen LogP contribution in [0.15, 0.2) is 61.1 Å². The lowest BCUT2D eigenvalue weighted by molar-refractivity contribution is -0.383. The van der Waals surface area contributed by atoms with Crippen molar-refractivity contribution in [1.82, 2.24) is 19.9 Å². The van der Waals surface area contributed by atoms with Crippen molar-refractivity contribution in [3.05, 3.63) is 76.9 Å². The van der Waals surface area contributed by atoms with Gasteiger partial charge in [-0.2, -0.15) is 0 Å². The van der Waals surface area contributed by atoms with Gasteiger partial charge in [-0.25, -0.2) is 15.0 Å². The highest BCUT2D eigenvalue weighted by molar-refractivity contribution is 5.94. The second-order valence-electron chi connectivity index (χ2n) is 7.76. The predicted octanol–water partition coefficient (Wildman–Crippen LogP) is 3.71. The van der Waals surface area contributed by atoms with Crippen molar-refractivity contribution in [2.45, 2.75) is 6.92 Å². The summed E-state index contributed by atoms with van der Waals surface area (Å²) in [5, 5.41) is 16.1. The minimum Gasteiger partial charge on any atom is -0.353 e. The van der Waals surface area contributed by atoms with E-state index in [0.717, 1.165) is 22.4 Å². The summed E-state index contributed by atoms with van der Waals surface area (Å²) in [6, 6.07) is 15.3. The highest BCUT2D eigenvalue weighted by atomic mass is 16.6. The Labute approximate surface area is 190 Å². The Morgan fingerprint density at radius 3 is 2.52 bits per heavy atom.